The van der Waals surface area contributed by atoms with Crippen molar-refractivity contribution in [3.8, 4) is 0 Å². The van der Waals surface area contributed by atoms with E-state index < -0.39 is 41.7 Å². The Hall–Kier alpha value is -2.52. The summed E-state index contributed by atoms with van der Waals surface area (Å²) in [5.74, 6) is -2.33. The van der Waals surface area contributed by atoms with Crippen LogP contribution in [0.4, 0.5) is 18.9 Å². The minimum absolute atomic E-state index is 0.00371. The largest absolute Gasteiger partial charge is 0.462 e. The van der Waals surface area contributed by atoms with Gasteiger partial charge in [0.05, 0.1) is 10.0 Å². The fraction of sp³-hybridized carbons (Fsp3) is 0.278. The molecule has 1 aliphatic heterocycles. The van der Waals surface area contributed by atoms with Gasteiger partial charge in [-0.2, -0.15) is 0 Å². The van der Waals surface area contributed by atoms with E-state index in [2.05, 4.69) is 15.3 Å². The number of amidine groups is 1. The summed E-state index contributed by atoms with van der Waals surface area (Å²) in [7, 11) is 0. The van der Waals surface area contributed by atoms with Crippen molar-refractivity contribution in [1.82, 2.24) is 4.98 Å². The van der Waals surface area contributed by atoms with Crippen LogP contribution in [0.1, 0.15) is 22.5 Å². The molecule has 3 atom stereocenters. The smallest absolute Gasteiger partial charge is 0.283 e. The predicted octanol–water partition coefficient (Wildman–Crippen LogP) is 3.97. The van der Waals surface area contributed by atoms with E-state index >= 15 is 0 Å². The second-order valence-corrected chi connectivity index (χ2v) is 7.55. The van der Waals surface area contributed by atoms with E-state index in [4.69, 9.17) is 33.7 Å². The number of ether oxygens (including phenoxy) is 1. The first-order valence-electron chi connectivity index (χ1n) is 8.45. The van der Waals surface area contributed by atoms with E-state index in [1.54, 1.807) is 0 Å². The summed E-state index contributed by atoms with van der Waals surface area (Å²) in [6.45, 7) is 0. The van der Waals surface area contributed by atoms with Crippen LogP contribution in [0.25, 0.3) is 0 Å². The van der Waals surface area contributed by atoms with Gasteiger partial charge in [-0.15, -0.1) is 0 Å². The lowest BCUT2D eigenvalue weighted by molar-refractivity contribution is 0.0177. The predicted molar refractivity (Wildman–Crippen MR) is 101 cm³/mol. The number of nitrogens with two attached hydrogens (primary N) is 1. The molecular weight excluding hydrogens is 432 g/mol. The van der Waals surface area contributed by atoms with E-state index in [1.165, 1.54) is 18.3 Å². The fourth-order valence-electron chi connectivity index (χ4n) is 3.48. The number of carbonyl (C=O) groups excluding carboxylic acids is 1. The van der Waals surface area contributed by atoms with Crippen LogP contribution in [0.15, 0.2) is 35.5 Å². The van der Waals surface area contributed by atoms with Gasteiger partial charge in [0, 0.05) is 23.4 Å². The van der Waals surface area contributed by atoms with Crippen molar-refractivity contribution in [3.05, 3.63) is 57.6 Å². The van der Waals surface area contributed by atoms with Gasteiger partial charge >= 0.3 is 0 Å². The standard InChI is InChI=1S/C18H13Cl2F3N4O2/c19-7-3-11(20)14(25-6-7)15(28)26-8-1-2-12(21)9(4-8)18(16(22)23)10-5-13(10)29-17(24)27-18/h1-4,6,10,13,16H,5H2,(H2,24,27)(H,26,28). The van der Waals surface area contributed by atoms with Crippen molar-refractivity contribution in [2.75, 3.05) is 5.32 Å². The summed E-state index contributed by atoms with van der Waals surface area (Å²) in [5, 5.41) is 2.71. The number of aliphatic imine (C=N–C) groups is 1. The zero-order chi connectivity index (χ0) is 20.9. The van der Waals surface area contributed by atoms with Crippen molar-refractivity contribution < 1.29 is 22.7 Å². The van der Waals surface area contributed by atoms with Gasteiger partial charge in [0.1, 0.15) is 17.6 Å². The number of aromatic nitrogens is 1. The molecule has 0 bridgehead atoms. The van der Waals surface area contributed by atoms with Gasteiger partial charge in [-0.3, -0.25) is 4.79 Å². The molecule has 1 amide bonds. The Kier molecular flexibility index (Phi) is 4.82. The maximum absolute atomic E-state index is 14.6. The van der Waals surface area contributed by atoms with Crippen molar-refractivity contribution >= 4 is 40.8 Å². The lowest BCUT2D eigenvalue weighted by atomic mass is 9.84. The molecule has 4 rings (SSSR count). The molecule has 0 saturated heterocycles. The van der Waals surface area contributed by atoms with E-state index in [9.17, 15) is 18.0 Å². The van der Waals surface area contributed by atoms with Gasteiger partial charge in [-0.25, -0.2) is 23.1 Å². The summed E-state index contributed by atoms with van der Waals surface area (Å²) in [5.41, 5.74) is 2.92. The molecule has 0 spiro atoms. The first kappa shape index (κ1) is 19.8. The molecule has 0 radical (unpaired) electrons. The van der Waals surface area contributed by atoms with Crippen LogP contribution < -0.4 is 11.1 Å². The molecule has 2 aliphatic rings. The van der Waals surface area contributed by atoms with E-state index in [-0.39, 0.29) is 33.4 Å². The third-order valence-corrected chi connectivity index (χ3v) is 5.37. The molecule has 29 heavy (non-hydrogen) atoms. The highest BCUT2D eigenvalue weighted by atomic mass is 35.5. The summed E-state index contributed by atoms with van der Waals surface area (Å²) in [6.07, 6.45) is -2.07. The van der Waals surface area contributed by atoms with E-state index in [0.717, 1.165) is 12.1 Å². The van der Waals surface area contributed by atoms with E-state index in [0.29, 0.717) is 0 Å². The molecule has 6 nitrogen and oxygen atoms in total. The minimum atomic E-state index is -3.03. The van der Waals surface area contributed by atoms with Crippen LogP contribution in [0, 0.1) is 11.7 Å². The highest BCUT2D eigenvalue weighted by molar-refractivity contribution is 6.36. The molecule has 1 aromatic heterocycles. The van der Waals surface area contributed by atoms with Crippen molar-refractivity contribution in [1.29, 1.82) is 0 Å². The molecule has 152 valence electrons. The second kappa shape index (κ2) is 7.07. The number of alkyl halides is 2. The number of hydrogen-bond acceptors (Lipinski definition) is 5. The second-order valence-electron chi connectivity index (χ2n) is 6.71. The number of nitrogens with zero attached hydrogens (tertiary/aromatic N) is 2. The highest BCUT2D eigenvalue weighted by Crippen LogP contribution is 2.56. The zero-order valence-electron chi connectivity index (χ0n) is 14.5. The van der Waals surface area contributed by atoms with Gasteiger partial charge in [0.15, 0.2) is 5.54 Å². The quantitative estimate of drug-likeness (QED) is 0.746. The first-order valence-corrected chi connectivity index (χ1v) is 9.20. The number of fused-ring (bicyclic) bond motifs is 1. The maximum atomic E-state index is 14.6. The Balaban J connectivity index is 1.71. The first-order chi connectivity index (χ1) is 13.7. The van der Waals surface area contributed by atoms with Gasteiger partial charge < -0.3 is 15.8 Å². The topological polar surface area (TPSA) is 89.6 Å². The molecule has 1 fully saturated rings. The highest BCUT2D eigenvalue weighted by Gasteiger charge is 2.64. The fourth-order valence-corrected chi connectivity index (χ4v) is 3.95. The van der Waals surface area contributed by atoms with Crippen LogP contribution in [0.3, 0.4) is 0 Å². The molecule has 1 aliphatic carbocycles. The normalized spacial score (nSPS) is 25.1. The van der Waals surface area contributed by atoms with Crippen LogP contribution in [-0.2, 0) is 10.3 Å². The number of nitrogens with one attached hydrogen (secondary N) is 1. The van der Waals surface area contributed by atoms with Crippen LogP contribution >= 0.6 is 23.2 Å². The third kappa shape index (κ3) is 3.38. The van der Waals surface area contributed by atoms with Gasteiger partial charge in [0.25, 0.3) is 18.4 Å². The molecule has 3 unspecified atom stereocenters. The Morgan fingerprint density at radius 1 is 1.34 bits per heavy atom. The average molecular weight is 445 g/mol. The van der Waals surface area contributed by atoms with Crippen molar-refractivity contribution in [3.63, 3.8) is 0 Å². The molecule has 1 aromatic carbocycles. The van der Waals surface area contributed by atoms with Crippen LogP contribution in [-0.4, -0.2) is 29.4 Å². The zero-order valence-corrected chi connectivity index (χ0v) is 16.0. The minimum Gasteiger partial charge on any atom is -0.462 e. The number of rotatable bonds is 4. The monoisotopic (exact) mass is 444 g/mol. The number of hydrogen-bond donors (Lipinski definition) is 2. The Bertz CT molecular complexity index is 1040. The number of benzene rings is 1. The SMILES string of the molecule is NC1=NC(c2cc(NC(=O)c3ncc(Cl)cc3Cl)ccc2F)(C(F)F)C2CC2O1. The number of halogens is 5. The molecule has 11 heteroatoms. The van der Waals surface area contributed by atoms with Crippen LogP contribution in [0.5, 0.6) is 0 Å². The third-order valence-electron chi connectivity index (χ3n) is 4.88. The number of pyridine rings is 1. The molecule has 2 aromatic rings. The number of anilines is 1. The van der Waals surface area contributed by atoms with Gasteiger partial charge in [-0.05, 0) is 30.7 Å². The molecule has 2 heterocycles. The van der Waals surface area contributed by atoms with Gasteiger partial charge in [-0.1, -0.05) is 23.2 Å². The van der Waals surface area contributed by atoms with E-state index in [1.807, 2.05) is 0 Å². The van der Waals surface area contributed by atoms with Crippen molar-refractivity contribution in [2.45, 2.75) is 24.5 Å². The summed E-state index contributed by atoms with van der Waals surface area (Å²) < 4.78 is 48.0. The van der Waals surface area contributed by atoms with Gasteiger partial charge in [0.2, 0.25) is 0 Å². The maximum Gasteiger partial charge on any atom is 0.283 e. The average Bonchev–Trinajstić information content (AvgIpc) is 3.41. The van der Waals surface area contributed by atoms with Crippen LogP contribution in [0.2, 0.25) is 10.0 Å². The summed E-state index contributed by atoms with van der Waals surface area (Å²) in [4.78, 5) is 20.1. The Labute approximate surface area is 172 Å². The number of carbonyl (C=O) groups is 1. The lowest BCUT2D eigenvalue weighted by Crippen LogP contribution is -2.43. The lowest BCUT2D eigenvalue weighted by Gasteiger charge is -2.33. The Morgan fingerprint density at radius 2 is 2.10 bits per heavy atom. The number of amides is 1. The molecule has 1 saturated carbocycles. The Morgan fingerprint density at radius 3 is 2.79 bits per heavy atom. The summed E-state index contributed by atoms with van der Waals surface area (Å²) in [6, 6.07) is 4.23. The summed E-state index contributed by atoms with van der Waals surface area (Å²) >= 11 is 11.7. The van der Waals surface area contributed by atoms with Crippen molar-refractivity contribution in [2.24, 2.45) is 16.6 Å². The molecule has 3 N–H and O–H groups in total. The molecular formula is C18H13Cl2F3N4O2.